The van der Waals surface area contributed by atoms with E-state index in [0.29, 0.717) is 18.2 Å². The normalized spacial score (nSPS) is 17.2. The number of rotatable bonds is 3. The maximum absolute atomic E-state index is 12.5. The minimum atomic E-state index is -0.126. The summed E-state index contributed by atoms with van der Waals surface area (Å²) in [6.07, 6.45) is 4.77. The SMILES string of the molecule is Cc1cccc(NC(=O)C2CCCN(c3cnc(C#N)cn3)C2)n1. The Kier molecular flexibility index (Phi) is 4.66. The number of carbonyl (C=O) groups excluding carboxylic acids is 1. The Morgan fingerprint density at radius 2 is 2.25 bits per heavy atom. The number of amides is 1. The number of piperidine rings is 1. The largest absolute Gasteiger partial charge is 0.355 e. The Balaban J connectivity index is 1.66. The number of nitrogens with zero attached hydrogens (tertiary/aromatic N) is 5. The van der Waals surface area contributed by atoms with E-state index in [-0.39, 0.29) is 17.5 Å². The van der Waals surface area contributed by atoms with E-state index in [1.54, 1.807) is 12.3 Å². The van der Waals surface area contributed by atoms with Crippen LogP contribution >= 0.6 is 0 Å². The van der Waals surface area contributed by atoms with Gasteiger partial charge >= 0.3 is 0 Å². The lowest BCUT2D eigenvalue weighted by atomic mass is 9.97. The molecule has 7 heteroatoms. The van der Waals surface area contributed by atoms with Crippen molar-refractivity contribution in [2.45, 2.75) is 19.8 Å². The molecule has 1 saturated heterocycles. The van der Waals surface area contributed by atoms with Gasteiger partial charge in [-0.25, -0.2) is 15.0 Å². The van der Waals surface area contributed by atoms with Crippen molar-refractivity contribution in [2.75, 3.05) is 23.3 Å². The monoisotopic (exact) mass is 322 g/mol. The maximum atomic E-state index is 12.5. The van der Waals surface area contributed by atoms with Crippen LogP contribution in [0.1, 0.15) is 24.2 Å². The zero-order valence-electron chi connectivity index (χ0n) is 13.4. The molecule has 1 amide bonds. The van der Waals surface area contributed by atoms with Gasteiger partial charge in [0.15, 0.2) is 5.69 Å². The highest BCUT2D eigenvalue weighted by Crippen LogP contribution is 2.22. The molecule has 1 aliphatic heterocycles. The van der Waals surface area contributed by atoms with Crippen molar-refractivity contribution in [3.8, 4) is 6.07 Å². The highest BCUT2D eigenvalue weighted by atomic mass is 16.2. The number of anilines is 2. The smallest absolute Gasteiger partial charge is 0.230 e. The molecule has 2 aromatic heterocycles. The number of aryl methyl sites for hydroxylation is 1. The average molecular weight is 322 g/mol. The van der Waals surface area contributed by atoms with Crippen molar-refractivity contribution >= 4 is 17.5 Å². The van der Waals surface area contributed by atoms with Gasteiger partial charge in [0.1, 0.15) is 17.7 Å². The summed E-state index contributed by atoms with van der Waals surface area (Å²) in [7, 11) is 0. The second-order valence-electron chi connectivity index (χ2n) is 5.81. The highest BCUT2D eigenvalue weighted by molar-refractivity contribution is 5.92. The molecule has 0 saturated carbocycles. The summed E-state index contributed by atoms with van der Waals surface area (Å²) in [5.74, 6) is 1.12. The fourth-order valence-electron chi connectivity index (χ4n) is 2.78. The maximum Gasteiger partial charge on any atom is 0.230 e. The lowest BCUT2D eigenvalue weighted by Gasteiger charge is -2.32. The molecule has 122 valence electrons. The minimum Gasteiger partial charge on any atom is -0.355 e. The summed E-state index contributed by atoms with van der Waals surface area (Å²) in [5.41, 5.74) is 1.15. The molecule has 3 rings (SSSR count). The zero-order chi connectivity index (χ0) is 16.9. The molecular formula is C17H18N6O. The van der Waals surface area contributed by atoms with Crippen LogP contribution in [0.2, 0.25) is 0 Å². The van der Waals surface area contributed by atoms with Crippen molar-refractivity contribution < 1.29 is 4.79 Å². The Morgan fingerprint density at radius 3 is 2.96 bits per heavy atom. The van der Waals surface area contributed by atoms with Gasteiger partial charge in [0.2, 0.25) is 5.91 Å². The number of nitriles is 1. The predicted molar refractivity (Wildman–Crippen MR) is 89.3 cm³/mol. The number of nitrogens with one attached hydrogen (secondary N) is 1. The molecule has 0 aliphatic carbocycles. The fourth-order valence-corrected chi connectivity index (χ4v) is 2.78. The van der Waals surface area contributed by atoms with E-state index in [0.717, 1.165) is 25.1 Å². The third-order valence-corrected chi connectivity index (χ3v) is 4.01. The van der Waals surface area contributed by atoms with E-state index in [9.17, 15) is 4.79 Å². The Hall–Kier alpha value is -3.01. The number of carbonyl (C=O) groups is 1. The van der Waals surface area contributed by atoms with Gasteiger partial charge in [-0.05, 0) is 31.9 Å². The molecule has 7 nitrogen and oxygen atoms in total. The molecule has 2 aromatic rings. The first kappa shape index (κ1) is 15.9. The van der Waals surface area contributed by atoms with Gasteiger partial charge in [-0.2, -0.15) is 5.26 Å². The third kappa shape index (κ3) is 3.66. The molecule has 0 aromatic carbocycles. The van der Waals surface area contributed by atoms with E-state index in [4.69, 9.17) is 5.26 Å². The molecule has 24 heavy (non-hydrogen) atoms. The molecule has 0 spiro atoms. The third-order valence-electron chi connectivity index (χ3n) is 4.01. The second-order valence-corrected chi connectivity index (χ2v) is 5.81. The van der Waals surface area contributed by atoms with Crippen LogP contribution in [0.15, 0.2) is 30.6 Å². The quantitative estimate of drug-likeness (QED) is 0.927. The second kappa shape index (κ2) is 7.04. The summed E-state index contributed by atoms with van der Waals surface area (Å²) >= 11 is 0. The van der Waals surface area contributed by atoms with Crippen molar-refractivity contribution in [1.82, 2.24) is 15.0 Å². The zero-order valence-corrected chi connectivity index (χ0v) is 13.4. The number of pyridine rings is 1. The molecular weight excluding hydrogens is 304 g/mol. The van der Waals surface area contributed by atoms with Gasteiger partial charge in [0.25, 0.3) is 0 Å². The van der Waals surface area contributed by atoms with Crippen LogP contribution in [-0.4, -0.2) is 33.9 Å². The van der Waals surface area contributed by atoms with Crippen LogP contribution < -0.4 is 10.2 Å². The summed E-state index contributed by atoms with van der Waals surface area (Å²) in [6, 6.07) is 7.50. The van der Waals surface area contributed by atoms with Crippen molar-refractivity contribution in [1.29, 1.82) is 5.26 Å². The molecule has 0 radical (unpaired) electrons. The van der Waals surface area contributed by atoms with Gasteiger partial charge in [0, 0.05) is 18.8 Å². The summed E-state index contributed by atoms with van der Waals surface area (Å²) < 4.78 is 0. The Morgan fingerprint density at radius 1 is 1.38 bits per heavy atom. The molecule has 0 bridgehead atoms. The predicted octanol–water partition coefficient (Wildman–Crippen LogP) is 1.91. The highest BCUT2D eigenvalue weighted by Gasteiger charge is 2.27. The van der Waals surface area contributed by atoms with Gasteiger partial charge < -0.3 is 10.2 Å². The van der Waals surface area contributed by atoms with E-state index in [1.165, 1.54) is 6.20 Å². The number of hydrogen-bond donors (Lipinski definition) is 1. The van der Waals surface area contributed by atoms with Gasteiger partial charge in [0.05, 0.1) is 18.3 Å². The minimum absolute atomic E-state index is 0.0283. The summed E-state index contributed by atoms with van der Waals surface area (Å²) in [4.78, 5) is 27.1. The molecule has 3 heterocycles. The van der Waals surface area contributed by atoms with Crippen LogP contribution in [0.3, 0.4) is 0 Å². The van der Waals surface area contributed by atoms with Gasteiger partial charge in [-0.15, -0.1) is 0 Å². The van der Waals surface area contributed by atoms with Crippen LogP contribution in [0.4, 0.5) is 11.6 Å². The molecule has 1 atom stereocenters. The first-order valence-corrected chi connectivity index (χ1v) is 7.87. The summed E-state index contributed by atoms with van der Waals surface area (Å²) in [5, 5.41) is 11.7. The average Bonchev–Trinajstić information content (AvgIpc) is 2.62. The topological polar surface area (TPSA) is 94.8 Å². The van der Waals surface area contributed by atoms with Crippen molar-refractivity contribution in [3.05, 3.63) is 42.0 Å². The number of aromatic nitrogens is 3. The first-order chi connectivity index (χ1) is 11.7. The van der Waals surface area contributed by atoms with Crippen molar-refractivity contribution in [2.24, 2.45) is 5.92 Å². The molecule has 1 aliphatic rings. The van der Waals surface area contributed by atoms with Crippen LogP contribution in [0.5, 0.6) is 0 Å². The first-order valence-electron chi connectivity index (χ1n) is 7.87. The van der Waals surface area contributed by atoms with E-state index >= 15 is 0 Å². The molecule has 1 unspecified atom stereocenters. The summed E-state index contributed by atoms with van der Waals surface area (Å²) in [6.45, 7) is 3.30. The lowest BCUT2D eigenvalue weighted by Crippen LogP contribution is -2.41. The Labute approximate surface area is 140 Å². The van der Waals surface area contributed by atoms with Crippen molar-refractivity contribution in [3.63, 3.8) is 0 Å². The van der Waals surface area contributed by atoms with E-state index in [2.05, 4.69) is 20.3 Å². The van der Waals surface area contributed by atoms with Gasteiger partial charge in [-0.3, -0.25) is 4.79 Å². The molecule has 1 N–H and O–H groups in total. The fraction of sp³-hybridized carbons (Fsp3) is 0.353. The van der Waals surface area contributed by atoms with Gasteiger partial charge in [-0.1, -0.05) is 6.07 Å². The molecule has 1 fully saturated rings. The van der Waals surface area contributed by atoms with E-state index < -0.39 is 0 Å². The van der Waals surface area contributed by atoms with Crippen LogP contribution in [0, 0.1) is 24.2 Å². The van der Waals surface area contributed by atoms with Crippen LogP contribution in [0.25, 0.3) is 0 Å². The Bertz CT molecular complexity index is 767. The van der Waals surface area contributed by atoms with Crippen LogP contribution in [-0.2, 0) is 4.79 Å². The number of hydrogen-bond acceptors (Lipinski definition) is 6. The lowest BCUT2D eigenvalue weighted by molar-refractivity contribution is -0.120. The standard InChI is InChI=1S/C17H18N6O/c1-12-4-2-6-15(21-12)22-17(24)13-5-3-7-23(11-13)16-10-19-14(8-18)9-20-16/h2,4,6,9-10,13H,3,5,7,11H2,1H3,(H,21,22,24). The van der Waals surface area contributed by atoms with E-state index in [1.807, 2.05) is 30.0 Å².